The zero-order chi connectivity index (χ0) is 26.2. The minimum Gasteiger partial charge on any atom is -0.289 e. The molecule has 0 aromatic rings. The molecule has 0 saturated carbocycles. The minimum absolute atomic E-state index is 0.197. The van der Waals surface area contributed by atoms with Gasteiger partial charge in [-0.25, -0.2) is 0 Å². The molecule has 2 rings (SSSR count). The normalized spacial score (nSPS) is 18.4. The van der Waals surface area contributed by atoms with Crippen molar-refractivity contribution in [2.45, 2.75) is 130 Å². The van der Waals surface area contributed by atoms with E-state index < -0.39 is 0 Å². The Morgan fingerprint density at radius 2 is 0.917 bits per heavy atom. The number of hydrogen-bond acceptors (Lipinski definition) is 2. The van der Waals surface area contributed by atoms with E-state index in [4.69, 9.17) is 0 Å². The Morgan fingerprint density at radius 1 is 0.500 bits per heavy atom. The van der Waals surface area contributed by atoms with Crippen molar-refractivity contribution < 1.29 is 9.59 Å². The van der Waals surface area contributed by atoms with Gasteiger partial charge in [-0.3, -0.25) is 9.59 Å². The van der Waals surface area contributed by atoms with Crippen molar-refractivity contribution >= 4 is 11.6 Å². The van der Waals surface area contributed by atoms with E-state index in [1.54, 1.807) is 0 Å². The average molecular weight is 491 g/mol. The van der Waals surface area contributed by atoms with Crippen LogP contribution in [0.3, 0.4) is 0 Å². The van der Waals surface area contributed by atoms with Crippen LogP contribution < -0.4 is 0 Å². The first-order chi connectivity index (χ1) is 17.5. The van der Waals surface area contributed by atoms with Crippen molar-refractivity contribution in [3.63, 3.8) is 0 Å². The van der Waals surface area contributed by atoms with Gasteiger partial charge in [-0.05, 0) is 80.1 Å². The molecule has 2 aliphatic rings. The predicted molar refractivity (Wildman–Crippen MR) is 155 cm³/mol. The van der Waals surface area contributed by atoms with Crippen LogP contribution in [0.4, 0.5) is 0 Å². The van der Waals surface area contributed by atoms with Crippen molar-refractivity contribution in [2.75, 3.05) is 0 Å². The molecule has 2 heteroatoms. The fourth-order valence-electron chi connectivity index (χ4n) is 5.06. The maximum Gasteiger partial charge on any atom is 0.185 e. The number of unbranched alkanes of at least 4 members (excludes halogenated alkanes) is 10. The highest BCUT2D eigenvalue weighted by atomic mass is 16.1. The van der Waals surface area contributed by atoms with Crippen molar-refractivity contribution in [2.24, 2.45) is 0 Å². The number of ketones is 2. The van der Waals surface area contributed by atoms with E-state index in [1.165, 1.54) is 64.2 Å². The van der Waals surface area contributed by atoms with Gasteiger partial charge in [0.2, 0.25) is 0 Å². The molecule has 0 spiro atoms. The second-order valence-corrected chi connectivity index (χ2v) is 10.6. The number of hydrogen-bond donors (Lipinski definition) is 0. The number of rotatable bonds is 17. The third kappa shape index (κ3) is 10.4. The molecule has 198 valence electrons. The van der Waals surface area contributed by atoms with Gasteiger partial charge >= 0.3 is 0 Å². The quantitative estimate of drug-likeness (QED) is 0.190. The van der Waals surface area contributed by atoms with Gasteiger partial charge < -0.3 is 0 Å². The molecule has 0 amide bonds. The second-order valence-electron chi connectivity index (χ2n) is 10.6. The number of carbonyl (C=O) groups excluding carboxylic acids is 2. The summed E-state index contributed by atoms with van der Waals surface area (Å²) in [5.41, 5.74) is 5.84. The third-order valence-electron chi connectivity index (χ3n) is 7.23. The maximum absolute atomic E-state index is 13.0. The van der Waals surface area contributed by atoms with Gasteiger partial charge in [-0.15, -0.1) is 0 Å². The largest absolute Gasteiger partial charge is 0.289 e. The van der Waals surface area contributed by atoms with Crippen LogP contribution in [0.5, 0.6) is 0 Å². The van der Waals surface area contributed by atoms with Crippen LogP contribution >= 0.6 is 0 Å². The Morgan fingerprint density at radius 3 is 1.42 bits per heavy atom. The van der Waals surface area contributed by atoms with Crippen molar-refractivity contribution in [3.05, 3.63) is 69.9 Å². The lowest BCUT2D eigenvalue weighted by molar-refractivity contribution is -0.113. The maximum atomic E-state index is 13.0. The lowest BCUT2D eigenvalue weighted by Gasteiger charge is -2.16. The molecule has 0 unspecified atom stereocenters. The molecule has 0 aromatic carbocycles. The van der Waals surface area contributed by atoms with Gasteiger partial charge in [0, 0.05) is 16.7 Å². The summed E-state index contributed by atoms with van der Waals surface area (Å²) in [4.78, 5) is 25.7. The van der Waals surface area contributed by atoms with E-state index in [0.29, 0.717) is 0 Å². The Kier molecular flexibility index (Phi) is 14.4. The molecular formula is C34H50O2. The Labute approximate surface area is 221 Å². The summed E-state index contributed by atoms with van der Waals surface area (Å²) in [5.74, 6) is 0.443. The van der Waals surface area contributed by atoms with Gasteiger partial charge in [0.1, 0.15) is 0 Å². The average Bonchev–Trinajstić information content (AvgIpc) is 2.87. The highest BCUT2D eigenvalue weighted by Crippen LogP contribution is 2.27. The Bertz CT molecular complexity index is 917. The summed E-state index contributed by atoms with van der Waals surface area (Å²) in [6, 6.07) is 0. The van der Waals surface area contributed by atoms with E-state index in [9.17, 15) is 9.59 Å². The summed E-state index contributed by atoms with van der Waals surface area (Å²) in [6.45, 7) is 8.54. The predicted octanol–water partition coefficient (Wildman–Crippen LogP) is 10.0. The van der Waals surface area contributed by atoms with Gasteiger partial charge in [-0.2, -0.15) is 0 Å². The standard InChI is InChI=1S/C34H50O2/c1-5-8-10-12-14-16-19-31-24-28(23-27(4)33(31)35)21-22-29-25-30(18-7-3)34(36)32(26-29)20-17-15-13-11-9-6-2/h21-26H,5-20H2,1-4H3/b28-21+,29-22+. The monoisotopic (exact) mass is 490 g/mol. The van der Waals surface area contributed by atoms with Crippen LogP contribution in [0.2, 0.25) is 0 Å². The molecule has 36 heavy (non-hydrogen) atoms. The van der Waals surface area contributed by atoms with Gasteiger partial charge in [-0.1, -0.05) is 104 Å². The third-order valence-corrected chi connectivity index (χ3v) is 7.23. The van der Waals surface area contributed by atoms with Crippen LogP contribution in [0.15, 0.2) is 69.9 Å². The van der Waals surface area contributed by atoms with Crippen molar-refractivity contribution in [3.8, 4) is 0 Å². The first kappa shape index (κ1) is 30.0. The fraction of sp³-hybridized carbons (Fsp3) is 0.588. The summed E-state index contributed by atoms with van der Waals surface area (Å²) in [5, 5.41) is 0. The summed E-state index contributed by atoms with van der Waals surface area (Å²) < 4.78 is 0. The molecule has 0 heterocycles. The van der Waals surface area contributed by atoms with Crippen LogP contribution in [0.1, 0.15) is 130 Å². The minimum atomic E-state index is 0.197. The smallest absolute Gasteiger partial charge is 0.185 e. The van der Waals surface area contributed by atoms with Crippen LogP contribution in [0.25, 0.3) is 0 Å². The SMILES string of the molecule is CCCCCCCCC1=C/C(=C/C=C2\C=C(CCC)C(=O)C(CCCCCCCC)=C2)C=C(C)C1=O. The summed E-state index contributed by atoms with van der Waals surface area (Å²) >= 11 is 0. The summed E-state index contributed by atoms with van der Waals surface area (Å²) in [7, 11) is 0. The van der Waals surface area contributed by atoms with E-state index in [-0.39, 0.29) is 11.6 Å². The molecule has 2 aliphatic carbocycles. The fourth-order valence-corrected chi connectivity index (χ4v) is 5.06. The Balaban J connectivity index is 2.10. The van der Waals surface area contributed by atoms with Crippen LogP contribution in [-0.2, 0) is 9.59 Å². The molecule has 0 radical (unpaired) electrons. The number of allylic oxidation sites excluding steroid dienone is 12. The van der Waals surface area contributed by atoms with E-state index in [1.807, 2.05) is 13.0 Å². The van der Waals surface area contributed by atoms with E-state index >= 15 is 0 Å². The number of Topliss-reactive ketones (excluding diaryl/α,β-unsaturated/α-hetero) is 2. The van der Waals surface area contributed by atoms with Crippen LogP contribution in [-0.4, -0.2) is 11.6 Å². The molecule has 0 saturated heterocycles. The molecular weight excluding hydrogens is 440 g/mol. The lowest BCUT2D eigenvalue weighted by atomic mass is 9.87. The van der Waals surface area contributed by atoms with Crippen LogP contribution in [0, 0.1) is 0 Å². The van der Waals surface area contributed by atoms with Gasteiger partial charge in [0.15, 0.2) is 11.6 Å². The zero-order valence-electron chi connectivity index (χ0n) is 23.6. The first-order valence-electron chi connectivity index (χ1n) is 14.8. The highest BCUT2D eigenvalue weighted by molar-refractivity contribution is 6.10. The molecule has 0 N–H and O–H groups in total. The molecule has 0 bridgehead atoms. The molecule has 0 fully saturated rings. The van der Waals surface area contributed by atoms with Gasteiger partial charge in [0.05, 0.1) is 0 Å². The lowest BCUT2D eigenvalue weighted by Crippen LogP contribution is -2.11. The Hall–Kier alpha value is -2.22. The topological polar surface area (TPSA) is 34.1 Å². The van der Waals surface area contributed by atoms with Crippen molar-refractivity contribution in [1.82, 2.24) is 0 Å². The van der Waals surface area contributed by atoms with E-state index in [0.717, 1.165) is 72.0 Å². The molecule has 2 nitrogen and oxygen atoms in total. The molecule has 0 aromatic heterocycles. The van der Waals surface area contributed by atoms with E-state index in [2.05, 4.69) is 51.2 Å². The zero-order valence-corrected chi connectivity index (χ0v) is 23.6. The summed E-state index contributed by atoms with van der Waals surface area (Å²) in [6.07, 6.45) is 30.8. The van der Waals surface area contributed by atoms with Gasteiger partial charge in [0.25, 0.3) is 0 Å². The first-order valence-corrected chi connectivity index (χ1v) is 14.8. The molecule has 0 aliphatic heterocycles. The second kappa shape index (κ2) is 17.3. The highest BCUT2D eigenvalue weighted by Gasteiger charge is 2.19. The molecule has 0 atom stereocenters. The van der Waals surface area contributed by atoms with Crippen molar-refractivity contribution in [1.29, 1.82) is 0 Å². The number of carbonyl (C=O) groups is 2.